The molecule has 0 spiro atoms. The summed E-state index contributed by atoms with van der Waals surface area (Å²) >= 11 is 3.39. The van der Waals surface area contributed by atoms with Gasteiger partial charge < -0.3 is 14.8 Å². The molecule has 0 aromatic heterocycles. The summed E-state index contributed by atoms with van der Waals surface area (Å²) < 4.78 is 51.1. The number of halogens is 4. The van der Waals surface area contributed by atoms with Crippen LogP contribution >= 0.6 is 15.9 Å². The number of nitrogens with one attached hydrogen (secondary N) is 1. The molecule has 1 N–H and O–H groups in total. The predicted octanol–water partition coefficient (Wildman–Crippen LogP) is 6.55. The molecule has 4 nitrogen and oxygen atoms in total. The average Bonchev–Trinajstić information content (AvgIpc) is 3.07. The van der Waals surface area contributed by atoms with Crippen molar-refractivity contribution in [2.75, 3.05) is 12.4 Å². The lowest BCUT2D eigenvalue weighted by atomic mass is 10.0. The Kier molecular flexibility index (Phi) is 5.97. The van der Waals surface area contributed by atoms with Gasteiger partial charge in [0, 0.05) is 21.3 Å². The average molecular weight is 504 g/mol. The van der Waals surface area contributed by atoms with Gasteiger partial charge in [0.2, 0.25) is 0 Å². The van der Waals surface area contributed by atoms with E-state index in [1.807, 2.05) is 24.3 Å². The number of hydrogen-bond donors (Lipinski definition) is 1. The van der Waals surface area contributed by atoms with Crippen molar-refractivity contribution in [3.05, 3.63) is 87.4 Å². The Hall–Kier alpha value is -3.26. The lowest BCUT2D eigenvalue weighted by Crippen LogP contribution is -2.06. The van der Waals surface area contributed by atoms with E-state index >= 15 is 0 Å². The Morgan fingerprint density at radius 3 is 2.44 bits per heavy atom. The number of anilines is 1. The molecule has 0 saturated carbocycles. The van der Waals surface area contributed by atoms with E-state index in [-0.39, 0.29) is 11.3 Å². The first kappa shape index (κ1) is 22.0. The number of hydrogen-bond acceptors (Lipinski definition) is 3. The minimum atomic E-state index is -4.48. The highest BCUT2D eigenvalue weighted by Gasteiger charge is 2.33. The van der Waals surface area contributed by atoms with Crippen LogP contribution in [0, 0.1) is 0 Å². The summed E-state index contributed by atoms with van der Waals surface area (Å²) in [7, 11) is 1.51. The first-order chi connectivity index (χ1) is 15.2. The number of carbonyl (C=O) groups excluding carboxylic acids is 1. The Morgan fingerprint density at radius 1 is 1.00 bits per heavy atom. The van der Waals surface area contributed by atoms with Crippen molar-refractivity contribution in [1.82, 2.24) is 0 Å². The van der Waals surface area contributed by atoms with Crippen molar-refractivity contribution in [1.29, 1.82) is 0 Å². The molecule has 3 aromatic carbocycles. The van der Waals surface area contributed by atoms with Crippen molar-refractivity contribution in [3.63, 3.8) is 0 Å². The number of benzene rings is 3. The molecule has 0 atom stereocenters. The zero-order chi connectivity index (χ0) is 22.9. The summed E-state index contributed by atoms with van der Waals surface area (Å²) in [6.45, 7) is 0.349. The van der Waals surface area contributed by atoms with Gasteiger partial charge in [0.05, 0.1) is 12.7 Å². The van der Waals surface area contributed by atoms with E-state index in [0.717, 1.165) is 22.2 Å². The second kappa shape index (κ2) is 8.70. The van der Waals surface area contributed by atoms with Gasteiger partial charge in [-0.3, -0.25) is 4.79 Å². The first-order valence-corrected chi connectivity index (χ1v) is 10.3. The number of amides is 1. The lowest BCUT2D eigenvalue weighted by Gasteiger charge is -2.12. The molecule has 3 aromatic rings. The molecule has 0 radical (unpaired) electrons. The molecule has 0 fully saturated rings. The van der Waals surface area contributed by atoms with E-state index in [1.54, 1.807) is 24.3 Å². The third-order valence-electron chi connectivity index (χ3n) is 4.94. The third kappa shape index (κ3) is 4.65. The molecule has 0 unspecified atom stereocenters. The van der Waals surface area contributed by atoms with Crippen molar-refractivity contribution in [2.24, 2.45) is 0 Å². The zero-order valence-corrected chi connectivity index (χ0v) is 18.4. The van der Waals surface area contributed by atoms with Crippen LogP contribution in [0.25, 0.3) is 11.6 Å². The van der Waals surface area contributed by atoms with Crippen LogP contribution in [0.2, 0.25) is 0 Å². The number of alkyl halides is 3. The normalized spacial score (nSPS) is 14.3. The van der Waals surface area contributed by atoms with E-state index in [2.05, 4.69) is 21.2 Å². The highest BCUT2D eigenvalue weighted by Crippen LogP contribution is 2.39. The van der Waals surface area contributed by atoms with E-state index in [0.29, 0.717) is 29.2 Å². The number of fused-ring (bicyclic) bond motifs is 1. The van der Waals surface area contributed by atoms with Crippen molar-refractivity contribution < 1.29 is 27.4 Å². The van der Waals surface area contributed by atoms with Crippen LogP contribution < -0.4 is 14.8 Å². The van der Waals surface area contributed by atoms with Gasteiger partial charge in [-0.15, -0.1) is 0 Å². The van der Waals surface area contributed by atoms with Crippen LogP contribution in [0.1, 0.15) is 22.3 Å². The van der Waals surface area contributed by atoms with Crippen molar-refractivity contribution in [2.45, 2.75) is 12.8 Å². The van der Waals surface area contributed by atoms with Crippen molar-refractivity contribution in [3.8, 4) is 11.5 Å². The predicted molar refractivity (Wildman–Crippen MR) is 119 cm³/mol. The largest absolute Gasteiger partial charge is 0.493 e. The standard InChI is InChI=1S/C24H17BrF3NO3/c1-31-22-11-15(4-9-21(22)32-13-14-2-6-17(25)7-3-14)10-19-18-8-5-16(24(26,27)28)12-20(18)29-23(19)30/h2-12H,13H2,1H3,(H,29,30)/b19-10-. The van der Waals surface area contributed by atoms with Crippen LogP contribution in [-0.4, -0.2) is 13.0 Å². The highest BCUT2D eigenvalue weighted by atomic mass is 79.9. The first-order valence-electron chi connectivity index (χ1n) is 9.54. The van der Waals surface area contributed by atoms with Gasteiger partial charge in [0.1, 0.15) is 6.61 Å². The number of carbonyl (C=O) groups is 1. The van der Waals surface area contributed by atoms with E-state index in [9.17, 15) is 18.0 Å². The van der Waals surface area contributed by atoms with Crippen LogP contribution in [-0.2, 0) is 17.6 Å². The maximum absolute atomic E-state index is 13.0. The van der Waals surface area contributed by atoms with Crippen LogP contribution in [0.3, 0.4) is 0 Å². The quantitative estimate of drug-likeness (QED) is 0.401. The van der Waals surface area contributed by atoms with Gasteiger partial charge in [-0.1, -0.05) is 40.2 Å². The molecule has 0 bridgehead atoms. The maximum Gasteiger partial charge on any atom is 0.416 e. The Bertz CT molecular complexity index is 1200. The molecule has 0 aliphatic carbocycles. The van der Waals surface area contributed by atoms with Crippen molar-refractivity contribution >= 4 is 39.2 Å². The summed E-state index contributed by atoms with van der Waals surface area (Å²) in [6, 6.07) is 16.1. The van der Waals surface area contributed by atoms with Crippen LogP contribution in [0.4, 0.5) is 18.9 Å². The van der Waals surface area contributed by atoms with Gasteiger partial charge in [0.15, 0.2) is 11.5 Å². The maximum atomic E-state index is 13.0. The minimum Gasteiger partial charge on any atom is -0.493 e. The summed E-state index contributed by atoms with van der Waals surface area (Å²) in [4.78, 5) is 12.4. The Balaban J connectivity index is 1.58. The number of methoxy groups -OCH3 is 1. The summed E-state index contributed by atoms with van der Waals surface area (Å²) in [5, 5.41) is 2.50. The molecule has 1 heterocycles. The Morgan fingerprint density at radius 2 is 1.75 bits per heavy atom. The molecule has 0 saturated heterocycles. The van der Waals surface area contributed by atoms with Gasteiger partial charge >= 0.3 is 6.18 Å². The summed E-state index contributed by atoms with van der Waals surface area (Å²) in [5.74, 6) is 0.542. The van der Waals surface area contributed by atoms with Gasteiger partial charge in [-0.05, 0) is 53.6 Å². The number of ether oxygens (including phenoxy) is 2. The SMILES string of the molecule is COc1cc(/C=C2\C(=O)Nc3cc(C(F)(F)F)ccc32)ccc1OCc1ccc(Br)cc1. The molecule has 4 rings (SSSR count). The Labute approximate surface area is 190 Å². The molecule has 1 aliphatic rings. The number of rotatable bonds is 5. The van der Waals surface area contributed by atoms with E-state index in [1.165, 1.54) is 13.2 Å². The molecule has 1 aliphatic heterocycles. The van der Waals surface area contributed by atoms with Gasteiger partial charge in [-0.25, -0.2) is 0 Å². The second-order valence-corrected chi connectivity index (χ2v) is 8.01. The molecule has 32 heavy (non-hydrogen) atoms. The third-order valence-corrected chi connectivity index (χ3v) is 5.46. The van der Waals surface area contributed by atoms with Crippen LogP contribution in [0.5, 0.6) is 11.5 Å². The fourth-order valence-corrected chi connectivity index (χ4v) is 3.58. The van der Waals surface area contributed by atoms with Gasteiger partial charge in [-0.2, -0.15) is 13.2 Å². The molecule has 8 heteroatoms. The van der Waals surface area contributed by atoms with Crippen LogP contribution in [0.15, 0.2) is 65.1 Å². The summed E-state index contributed by atoms with van der Waals surface area (Å²) in [6.07, 6.45) is -2.87. The smallest absolute Gasteiger partial charge is 0.416 e. The lowest BCUT2D eigenvalue weighted by molar-refractivity contribution is -0.137. The van der Waals surface area contributed by atoms with Gasteiger partial charge in [0.25, 0.3) is 5.91 Å². The fraction of sp³-hybridized carbons (Fsp3) is 0.125. The fourth-order valence-electron chi connectivity index (χ4n) is 3.32. The molecule has 164 valence electrons. The molecular weight excluding hydrogens is 487 g/mol. The zero-order valence-electron chi connectivity index (χ0n) is 16.8. The van der Waals surface area contributed by atoms with E-state index < -0.39 is 17.6 Å². The van der Waals surface area contributed by atoms with E-state index in [4.69, 9.17) is 9.47 Å². The molecular formula is C24H17BrF3NO3. The highest BCUT2D eigenvalue weighted by molar-refractivity contribution is 9.10. The summed E-state index contributed by atoms with van der Waals surface area (Å²) in [5.41, 5.74) is 1.65. The minimum absolute atomic E-state index is 0.137. The monoisotopic (exact) mass is 503 g/mol. The topological polar surface area (TPSA) is 47.6 Å². The molecule has 1 amide bonds. The second-order valence-electron chi connectivity index (χ2n) is 7.10.